The maximum absolute atomic E-state index is 12.9. The highest BCUT2D eigenvalue weighted by Gasteiger charge is 2.28. The number of likely N-dealkylation sites (tertiary alicyclic amines) is 1. The van der Waals surface area contributed by atoms with E-state index in [4.69, 9.17) is 28.8 Å². The van der Waals surface area contributed by atoms with E-state index in [2.05, 4.69) is 15.3 Å². The van der Waals surface area contributed by atoms with Crippen LogP contribution in [0, 0.1) is 18.8 Å². The summed E-state index contributed by atoms with van der Waals surface area (Å²) in [6.45, 7) is 4.43. The van der Waals surface area contributed by atoms with Crippen LogP contribution in [0.2, 0.25) is 5.15 Å². The Labute approximate surface area is 239 Å². The molecule has 1 aromatic carbocycles. The molecule has 218 valence electrons. The predicted octanol–water partition coefficient (Wildman–Crippen LogP) is 2.15. The fourth-order valence-electron chi connectivity index (χ4n) is 4.91. The molecule has 2 aromatic rings. The lowest BCUT2D eigenvalue weighted by Crippen LogP contribution is -2.45. The highest BCUT2D eigenvalue weighted by atomic mass is 35.5. The third-order valence-corrected chi connectivity index (χ3v) is 7.51. The number of hydrogen-bond acceptors (Lipinski definition) is 8. The van der Waals surface area contributed by atoms with Crippen LogP contribution < -0.4 is 22.5 Å². The number of nitrogens with one attached hydrogen (secondary N) is 1. The van der Waals surface area contributed by atoms with E-state index in [1.54, 1.807) is 0 Å². The van der Waals surface area contributed by atoms with E-state index in [0.29, 0.717) is 45.4 Å². The lowest BCUT2D eigenvalue weighted by molar-refractivity contribution is -0.132. The van der Waals surface area contributed by atoms with Crippen LogP contribution in [0.25, 0.3) is 0 Å². The first-order valence-electron chi connectivity index (χ1n) is 13.5. The molecule has 1 fully saturated rings. The Balaban J connectivity index is 1.68. The molecule has 40 heavy (non-hydrogen) atoms. The lowest BCUT2D eigenvalue weighted by atomic mass is 9.93. The van der Waals surface area contributed by atoms with E-state index in [0.717, 1.165) is 24.0 Å². The van der Waals surface area contributed by atoms with Crippen molar-refractivity contribution in [2.24, 2.45) is 17.6 Å². The van der Waals surface area contributed by atoms with Gasteiger partial charge in [0.25, 0.3) is 5.91 Å². The standard InChI is InChI=1S/C27H39ClN8O4/c1-17-5-2-3-6-20(17)13-19(14-32-26(38)22-24(30)34-25(31)23(28)33-22)16-36(27(39)40)15-18-8-11-35(12-9-18)21(37)7-4-10-29/h2-3,5-6,18-19H,4,7-16,29H2,1H3,(H,32,38)(H,39,40)(H4,30,31,34). The largest absolute Gasteiger partial charge is 0.465 e. The smallest absolute Gasteiger partial charge is 0.407 e. The van der Waals surface area contributed by atoms with Gasteiger partial charge in [0.1, 0.15) is 0 Å². The SMILES string of the molecule is Cc1ccccc1CC(CNC(=O)c1nc(Cl)c(N)nc1N)CN(CC1CCN(C(=O)CCCN)CC1)C(=O)O. The Morgan fingerprint density at radius 3 is 2.52 bits per heavy atom. The fourth-order valence-corrected chi connectivity index (χ4v) is 5.04. The highest BCUT2D eigenvalue weighted by molar-refractivity contribution is 6.31. The van der Waals surface area contributed by atoms with Gasteiger partial charge in [-0.05, 0) is 62.1 Å². The van der Waals surface area contributed by atoms with Crippen molar-refractivity contribution in [3.63, 3.8) is 0 Å². The number of amides is 3. The second-order valence-corrected chi connectivity index (χ2v) is 10.6. The number of nitrogens with zero attached hydrogens (tertiary/aromatic N) is 4. The summed E-state index contributed by atoms with van der Waals surface area (Å²) in [5.41, 5.74) is 19.0. The van der Waals surface area contributed by atoms with E-state index in [-0.39, 0.29) is 53.3 Å². The number of nitrogen functional groups attached to an aromatic ring is 2. The fraction of sp³-hybridized carbons (Fsp3) is 0.519. The van der Waals surface area contributed by atoms with Crippen LogP contribution in [0.4, 0.5) is 16.4 Å². The number of anilines is 2. The van der Waals surface area contributed by atoms with Crippen LogP contribution in [0.15, 0.2) is 24.3 Å². The Bertz CT molecular complexity index is 1190. The molecule has 1 saturated heterocycles. The van der Waals surface area contributed by atoms with Crippen molar-refractivity contribution in [3.8, 4) is 0 Å². The normalized spacial score (nSPS) is 14.5. The van der Waals surface area contributed by atoms with E-state index >= 15 is 0 Å². The number of rotatable bonds is 12. The molecular formula is C27H39ClN8O4. The third-order valence-electron chi connectivity index (χ3n) is 7.23. The Kier molecular flexibility index (Phi) is 11.3. The monoisotopic (exact) mass is 574 g/mol. The maximum atomic E-state index is 12.9. The first-order valence-corrected chi connectivity index (χ1v) is 13.8. The van der Waals surface area contributed by atoms with Gasteiger partial charge in [-0.1, -0.05) is 35.9 Å². The molecule has 3 rings (SSSR count). The zero-order valence-corrected chi connectivity index (χ0v) is 23.6. The molecule has 8 N–H and O–H groups in total. The van der Waals surface area contributed by atoms with Crippen LogP contribution in [-0.2, 0) is 11.2 Å². The van der Waals surface area contributed by atoms with Gasteiger partial charge in [-0.25, -0.2) is 14.8 Å². The number of aryl methyl sites for hydroxylation is 1. The zero-order valence-electron chi connectivity index (χ0n) is 22.8. The van der Waals surface area contributed by atoms with Gasteiger partial charge >= 0.3 is 6.09 Å². The predicted molar refractivity (Wildman–Crippen MR) is 154 cm³/mol. The highest BCUT2D eigenvalue weighted by Crippen LogP contribution is 2.22. The summed E-state index contributed by atoms with van der Waals surface area (Å²) in [5, 5.41) is 12.8. The molecule has 12 nitrogen and oxygen atoms in total. The second-order valence-electron chi connectivity index (χ2n) is 10.2. The van der Waals surface area contributed by atoms with Gasteiger partial charge in [0, 0.05) is 39.1 Å². The first kappa shape index (κ1) is 30.9. The molecule has 2 heterocycles. The lowest BCUT2D eigenvalue weighted by Gasteiger charge is -2.35. The maximum Gasteiger partial charge on any atom is 0.407 e. The molecule has 1 atom stereocenters. The summed E-state index contributed by atoms with van der Waals surface area (Å²) >= 11 is 5.93. The molecule has 0 aliphatic carbocycles. The van der Waals surface area contributed by atoms with Crippen molar-refractivity contribution in [1.29, 1.82) is 0 Å². The quantitative estimate of drug-likeness (QED) is 0.252. The number of piperidine rings is 1. The van der Waals surface area contributed by atoms with Crippen molar-refractivity contribution in [1.82, 2.24) is 25.1 Å². The average molecular weight is 575 g/mol. The van der Waals surface area contributed by atoms with Gasteiger partial charge in [0.15, 0.2) is 22.5 Å². The van der Waals surface area contributed by atoms with Crippen LogP contribution in [-0.4, -0.2) is 82.1 Å². The van der Waals surface area contributed by atoms with Gasteiger partial charge in [0.2, 0.25) is 5.91 Å². The number of benzene rings is 1. The van der Waals surface area contributed by atoms with Crippen molar-refractivity contribution in [3.05, 3.63) is 46.2 Å². The van der Waals surface area contributed by atoms with Crippen molar-refractivity contribution >= 4 is 41.1 Å². The Morgan fingerprint density at radius 1 is 1.18 bits per heavy atom. The minimum Gasteiger partial charge on any atom is -0.465 e. The minimum absolute atomic E-state index is 0.0731. The molecular weight excluding hydrogens is 536 g/mol. The molecule has 13 heteroatoms. The molecule has 0 spiro atoms. The van der Waals surface area contributed by atoms with Gasteiger partial charge in [-0.3, -0.25) is 9.59 Å². The Morgan fingerprint density at radius 2 is 1.88 bits per heavy atom. The van der Waals surface area contributed by atoms with Crippen LogP contribution in [0.1, 0.15) is 47.3 Å². The minimum atomic E-state index is -1.03. The number of carboxylic acid groups (broad SMARTS) is 1. The van der Waals surface area contributed by atoms with E-state index in [9.17, 15) is 19.5 Å². The number of halogens is 1. The molecule has 1 aromatic heterocycles. The van der Waals surface area contributed by atoms with Crippen LogP contribution in [0.5, 0.6) is 0 Å². The van der Waals surface area contributed by atoms with Gasteiger partial charge in [0.05, 0.1) is 0 Å². The summed E-state index contributed by atoms with van der Waals surface area (Å²) in [6.07, 6.45) is 2.08. The molecule has 1 unspecified atom stereocenters. The van der Waals surface area contributed by atoms with Crippen molar-refractivity contribution < 1.29 is 19.5 Å². The summed E-state index contributed by atoms with van der Waals surface area (Å²) in [7, 11) is 0. The summed E-state index contributed by atoms with van der Waals surface area (Å²) in [6, 6.07) is 7.87. The number of carbonyl (C=O) groups is 3. The van der Waals surface area contributed by atoms with Crippen molar-refractivity contribution in [2.75, 3.05) is 50.7 Å². The molecule has 1 aliphatic rings. The molecule has 0 radical (unpaired) electrons. The topological polar surface area (TPSA) is 194 Å². The number of nitrogens with two attached hydrogens (primary N) is 3. The van der Waals surface area contributed by atoms with Crippen LogP contribution >= 0.6 is 11.6 Å². The molecule has 0 bridgehead atoms. The molecule has 1 aliphatic heterocycles. The van der Waals surface area contributed by atoms with E-state index < -0.39 is 12.0 Å². The van der Waals surface area contributed by atoms with Gasteiger partial charge < -0.3 is 37.4 Å². The van der Waals surface area contributed by atoms with E-state index in [1.165, 1.54) is 4.90 Å². The summed E-state index contributed by atoms with van der Waals surface area (Å²) in [4.78, 5) is 48.6. The first-order chi connectivity index (χ1) is 19.1. The number of carbonyl (C=O) groups excluding carboxylic acids is 2. The number of hydrogen-bond donors (Lipinski definition) is 5. The van der Waals surface area contributed by atoms with Crippen molar-refractivity contribution in [2.45, 2.75) is 39.0 Å². The van der Waals surface area contributed by atoms with E-state index in [1.807, 2.05) is 36.1 Å². The van der Waals surface area contributed by atoms with Crippen LogP contribution in [0.3, 0.4) is 0 Å². The zero-order chi connectivity index (χ0) is 29.2. The molecule has 0 saturated carbocycles. The molecule has 3 amide bonds. The summed E-state index contributed by atoms with van der Waals surface area (Å²) < 4.78 is 0. The van der Waals surface area contributed by atoms with Gasteiger partial charge in [-0.15, -0.1) is 0 Å². The summed E-state index contributed by atoms with van der Waals surface area (Å²) in [5.74, 6) is -0.797. The second kappa shape index (κ2) is 14.7. The van der Waals surface area contributed by atoms with Gasteiger partial charge in [-0.2, -0.15) is 0 Å². The number of aromatic nitrogens is 2. The Hall–Kier alpha value is -3.64. The average Bonchev–Trinajstić information content (AvgIpc) is 2.93. The third kappa shape index (κ3) is 8.68.